The summed E-state index contributed by atoms with van der Waals surface area (Å²) in [6.45, 7) is 0.631. The maximum absolute atomic E-state index is 8.48. The predicted octanol–water partition coefficient (Wildman–Crippen LogP) is 0.842. The molecule has 4 nitrogen and oxygen atoms in total. The van der Waals surface area contributed by atoms with Gasteiger partial charge in [0.1, 0.15) is 10.0 Å². The van der Waals surface area contributed by atoms with E-state index < -0.39 is 0 Å². The van der Waals surface area contributed by atoms with Crippen LogP contribution in [0, 0.1) is 3.70 Å². The molecule has 1 aromatic heterocycles. The Hall–Kier alpha value is -0.430. The molecule has 0 aliphatic heterocycles. The molecule has 0 atom stereocenters. The Morgan fingerprint density at radius 3 is 3.00 bits per heavy atom. The Labute approximate surface area is 84.1 Å². The van der Waals surface area contributed by atoms with Gasteiger partial charge in [0.2, 0.25) is 5.88 Å². The quantitative estimate of drug-likeness (QED) is 0.504. The molecule has 0 saturated heterocycles. The lowest BCUT2D eigenvalue weighted by atomic mass is 10.5. The normalized spacial score (nSPS) is 9.83. The molecule has 0 radical (unpaired) electrons. The number of halogens is 1. The molecule has 0 spiro atoms. The highest BCUT2D eigenvalue weighted by atomic mass is 127. The van der Waals surface area contributed by atoms with E-state index in [1.165, 1.54) is 6.33 Å². The van der Waals surface area contributed by atoms with Gasteiger partial charge < -0.3 is 9.84 Å². The van der Waals surface area contributed by atoms with Crippen LogP contribution in [0.25, 0.3) is 0 Å². The highest BCUT2D eigenvalue weighted by Crippen LogP contribution is 2.08. The second-order valence-corrected chi connectivity index (χ2v) is 3.21. The van der Waals surface area contributed by atoms with Crippen LogP contribution in [0.2, 0.25) is 0 Å². The van der Waals surface area contributed by atoms with Crippen molar-refractivity contribution in [1.29, 1.82) is 0 Å². The Morgan fingerprint density at radius 2 is 2.33 bits per heavy atom. The van der Waals surface area contributed by atoms with Gasteiger partial charge in [-0.05, 0) is 22.6 Å². The SMILES string of the molecule is OCCCOc1cc(I)ncn1. The Bertz CT molecular complexity index is 245. The average Bonchev–Trinajstić information content (AvgIpc) is 2.05. The summed E-state index contributed by atoms with van der Waals surface area (Å²) < 4.78 is 6.06. The Balaban J connectivity index is 2.41. The molecule has 0 aliphatic rings. The summed E-state index contributed by atoms with van der Waals surface area (Å²) in [5.41, 5.74) is 0. The summed E-state index contributed by atoms with van der Waals surface area (Å²) in [6, 6.07) is 1.75. The maximum atomic E-state index is 8.48. The van der Waals surface area contributed by atoms with Crippen molar-refractivity contribution in [2.45, 2.75) is 6.42 Å². The Kier molecular flexibility index (Phi) is 4.23. The molecule has 0 amide bonds. The van der Waals surface area contributed by atoms with Gasteiger partial charge in [0, 0.05) is 19.1 Å². The van der Waals surface area contributed by atoms with Crippen molar-refractivity contribution in [3.8, 4) is 5.88 Å². The summed E-state index contributed by atoms with van der Waals surface area (Å²) in [5, 5.41) is 8.48. The molecule has 1 aromatic rings. The molecule has 0 aromatic carbocycles. The van der Waals surface area contributed by atoms with Gasteiger partial charge in [-0.2, -0.15) is 0 Å². The van der Waals surface area contributed by atoms with Gasteiger partial charge in [-0.15, -0.1) is 0 Å². The first-order valence-electron chi connectivity index (χ1n) is 3.54. The third-order valence-electron chi connectivity index (χ3n) is 1.16. The molecule has 0 fully saturated rings. The summed E-state index contributed by atoms with van der Waals surface area (Å²) in [5.74, 6) is 0.558. The minimum Gasteiger partial charge on any atom is -0.477 e. The van der Waals surface area contributed by atoms with Gasteiger partial charge in [-0.25, -0.2) is 9.97 Å². The van der Waals surface area contributed by atoms with Crippen LogP contribution < -0.4 is 4.74 Å². The minimum absolute atomic E-state index is 0.141. The molecule has 0 bridgehead atoms. The number of aliphatic hydroxyl groups excluding tert-OH is 1. The van der Waals surface area contributed by atoms with Crippen LogP contribution in [0.15, 0.2) is 12.4 Å². The van der Waals surface area contributed by atoms with E-state index in [-0.39, 0.29) is 6.61 Å². The van der Waals surface area contributed by atoms with Gasteiger partial charge in [-0.1, -0.05) is 0 Å². The van der Waals surface area contributed by atoms with Gasteiger partial charge >= 0.3 is 0 Å². The Morgan fingerprint density at radius 1 is 1.50 bits per heavy atom. The minimum atomic E-state index is 0.141. The molecule has 0 saturated carbocycles. The number of rotatable bonds is 4. The topological polar surface area (TPSA) is 55.2 Å². The van der Waals surface area contributed by atoms with Crippen molar-refractivity contribution in [2.75, 3.05) is 13.2 Å². The van der Waals surface area contributed by atoms with Crippen LogP contribution in [-0.2, 0) is 0 Å². The van der Waals surface area contributed by atoms with Crippen molar-refractivity contribution >= 4 is 22.6 Å². The maximum Gasteiger partial charge on any atom is 0.217 e. The number of hydrogen-bond acceptors (Lipinski definition) is 4. The molecule has 0 unspecified atom stereocenters. The molecule has 1 heterocycles. The average molecular weight is 280 g/mol. The fraction of sp³-hybridized carbons (Fsp3) is 0.429. The number of hydrogen-bond donors (Lipinski definition) is 1. The molecule has 66 valence electrons. The smallest absolute Gasteiger partial charge is 0.217 e. The molecule has 1 N–H and O–H groups in total. The zero-order chi connectivity index (χ0) is 8.81. The molecule has 0 aliphatic carbocycles. The second kappa shape index (κ2) is 5.26. The number of ether oxygens (including phenoxy) is 1. The standard InChI is InChI=1S/C7H9IN2O2/c8-6-4-7(10-5-9-6)12-3-1-2-11/h4-5,11H,1-3H2. The molecule has 5 heteroatoms. The van der Waals surface area contributed by atoms with E-state index in [0.717, 1.165) is 3.70 Å². The van der Waals surface area contributed by atoms with E-state index in [1.54, 1.807) is 6.07 Å². The summed E-state index contributed by atoms with van der Waals surface area (Å²) in [4.78, 5) is 7.81. The number of aliphatic hydroxyl groups is 1. The summed E-state index contributed by atoms with van der Waals surface area (Å²) in [6.07, 6.45) is 2.08. The van der Waals surface area contributed by atoms with Crippen molar-refractivity contribution in [2.24, 2.45) is 0 Å². The van der Waals surface area contributed by atoms with Crippen LogP contribution in [0.5, 0.6) is 5.88 Å². The lowest BCUT2D eigenvalue weighted by molar-refractivity contribution is 0.229. The van der Waals surface area contributed by atoms with Crippen LogP contribution in [0.3, 0.4) is 0 Å². The van der Waals surface area contributed by atoms with Gasteiger partial charge in [0.25, 0.3) is 0 Å². The zero-order valence-corrected chi connectivity index (χ0v) is 8.56. The first-order chi connectivity index (χ1) is 5.83. The van der Waals surface area contributed by atoms with E-state index in [2.05, 4.69) is 32.6 Å². The van der Waals surface area contributed by atoms with Crippen LogP contribution in [0.1, 0.15) is 6.42 Å². The lowest BCUT2D eigenvalue weighted by Crippen LogP contribution is -2.01. The monoisotopic (exact) mass is 280 g/mol. The van der Waals surface area contributed by atoms with E-state index >= 15 is 0 Å². The largest absolute Gasteiger partial charge is 0.477 e. The van der Waals surface area contributed by atoms with Crippen LogP contribution in [0.4, 0.5) is 0 Å². The van der Waals surface area contributed by atoms with Crippen molar-refractivity contribution in [3.63, 3.8) is 0 Å². The first kappa shape index (κ1) is 9.66. The zero-order valence-electron chi connectivity index (χ0n) is 6.40. The molecular weight excluding hydrogens is 271 g/mol. The van der Waals surface area contributed by atoms with E-state index in [0.29, 0.717) is 18.9 Å². The molecular formula is C7H9IN2O2. The van der Waals surface area contributed by atoms with Crippen molar-refractivity contribution in [1.82, 2.24) is 9.97 Å². The number of nitrogens with zero attached hydrogens (tertiary/aromatic N) is 2. The van der Waals surface area contributed by atoms with Crippen molar-refractivity contribution < 1.29 is 9.84 Å². The van der Waals surface area contributed by atoms with Gasteiger partial charge in [0.05, 0.1) is 6.61 Å². The summed E-state index contributed by atoms with van der Waals surface area (Å²) >= 11 is 2.09. The summed E-state index contributed by atoms with van der Waals surface area (Å²) in [7, 11) is 0. The highest BCUT2D eigenvalue weighted by molar-refractivity contribution is 14.1. The fourth-order valence-corrected chi connectivity index (χ4v) is 1.03. The highest BCUT2D eigenvalue weighted by Gasteiger charge is 1.95. The van der Waals surface area contributed by atoms with Gasteiger partial charge in [0.15, 0.2) is 0 Å². The van der Waals surface area contributed by atoms with E-state index in [9.17, 15) is 0 Å². The van der Waals surface area contributed by atoms with E-state index in [4.69, 9.17) is 9.84 Å². The van der Waals surface area contributed by atoms with Gasteiger partial charge in [-0.3, -0.25) is 0 Å². The third kappa shape index (κ3) is 3.31. The van der Waals surface area contributed by atoms with Crippen molar-refractivity contribution in [3.05, 3.63) is 16.1 Å². The number of aromatic nitrogens is 2. The fourth-order valence-electron chi connectivity index (χ4n) is 0.638. The molecule has 12 heavy (non-hydrogen) atoms. The lowest BCUT2D eigenvalue weighted by Gasteiger charge is -2.02. The molecule has 1 rings (SSSR count). The van der Waals surface area contributed by atoms with Crippen LogP contribution >= 0.6 is 22.6 Å². The van der Waals surface area contributed by atoms with E-state index in [1.807, 2.05) is 0 Å². The predicted molar refractivity (Wildman–Crippen MR) is 51.9 cm³/mol. The van der Waals surface area contributed by atoms with Crippen LogP contribution in [-0.4, -0.2) is 28.3 Å². The first-order valence-corrected chi connectivity index (χ1v) is 4.62. The second-order valence-electron chi connectivity index (χ2n) is 2.10. The third-order valence-corrected chi connectivity index (χ3v) is 1.75.